The second-order valence-electron chi connectivity index (χ2n) is 6.98. The van der Waals surface area contributed by atoms with Crippen LogP contribution in [-0.2, 0) is 14.4 Å². The van der Waals surface area contributed by atoms with Gasteiger partial charge in [-0.3, -0.25) is 14.4 Å². The van der Waals surface area contributed by atoms with Crippen molar-refractivity contribution < 1.29 is 14.4 Å². The Bertz CT molecular complexity index is 635. The quantitative estimate of drug-likeness (QED) is 0.885. The molecule has 1 saturated heterocycles. The summed E-state index contributed by atoms with van der Waals surface area (Å²) in [6, 6.07) is 9.20. The Morgan fingerprint density at radius 3 is 2.28 bits per heavy atom. The molecule has 3 amide bonds. The number of likely N-dealkylation sites (N-methyl/N-ethyl adjacent to an activating group) is 1. The first-order valence-corrected chi connectivity index (χ1v) is 8.93. The summed E-state index contributed by atoms with van der Waals surface area (Å²) in [5, 5.41) is 2.79. The van der Waals surface area contributed by atoms with Gasteiger partial charge >= 0.3 is 0 Å². The normalized spacial score (nSPS) is 17.9. The number of hydrogen-bond acceptors (Lipinski definition) is 3. The van der Waals surface area contributed by atoms with Crippen LogP contribution in [0.4, 0.5) is 5.69 Å². The number of carbonyl (C=O) groups excluding carboxylic acids is 3. The minimum absolute atomic E-state index is 0.0123. The van der Waals surface area contributed by atoms with Gasteiger partial charge in [0.25, 0.3) is 0 Å². The van der Waals surface area contributed by atoms with Gasteiger partial charge in [-0.2, -0.15) is 0 Å². The van der Waals surface area contributed by atoms with Gasteiger partial charge in [0.15, 0.2) is 0 Å². The Kier molecular flexibility index (Phi) is 5.36. The third-order valence-corrected chi connectivity index (χ3v) is 4.90. The van der Waals surface area contributed by atoms with Crippen molar-refractivity contribution in [2.75, 3.05) is 32.0 Å². The van der Waals surface area contributed by atoms with Crippen molar-refractivity contribution in [1.82, 2.24) is 9.80 Å². The molecule has 0 unspecified atom stereocenters. The summed E-state index contributed by atoms with van der Waals surface area (Å²) in [7, 11) is 1.66. The molecular weight excluding hydrogens is 318 g/mol. The maximum atomic E-state index is 12.6. The Morgan fingerprint density at radius 1 is 1.04 bits per heavy atom. The molecule has 6 nitrogen and oxygen atoms in total. The van der Waals surface area contributed by atoms with Gasteiger partial charge in [0, 0.05) is 37.7 Å². The predicted octanol–water partition coefficient (Wildman–Crippen LogP) is 1.73. The van der Waals surface area contributed by atoms with Crippen LogP contribution < -0.4 is 5.32 Å². The largest absolute Gasteiger partial charge is 0.342 e. The van der Waals surface area contributed by atoms with Crippen LogP contribution in [0, 0.1) is 11.8 Å². The lowest BCUT2D eigenvalue weighted by Crippen LogP contribution is -2.45. The average Bonchev–Trinajstić information content (AvgIpc) is 3.46. The van der Waals surface area contributed by atoms with E-state index in [1.54, 1.807) is 7.05 Å². The van der Waals surface area contributed by atoms with E-state index in [9.17, 15) is 14.4 Å². The summed E-state index contributed by atoms with van der Waals surface area (Å²) < 4.78 is 0. The molecule has 1 N–H and O–H groups in total. The highest BCUT2D eigenvalue weighted by Gasteiger charge is 2.36. The van der Waals surface area contributed by atoms with Gasteiger partial charge in [-0.05, 0) is 37.8 Å². The van der Waals surface area contributed by atoms with Gasteiger partial charge in [0.2, 0.25) is 17.7 Å². The topological polar surface area (TPSA) is 69.7 Å². The molecule has 2 aliphatic rings. The van der Waals surface area contributed by atoms with Crippen LogP contribution in [0.5, 0.6) is 0 Å². The van der Waals surface area contributed by atoms with E-state index in [0.717, 1.165) is 18.5 Å². The van der Waals surface area contributed by atoms with Crippen molar-refractivity contribution in [3.8, 4) is 0 Å². The standard InChI is InChI=1S/C19H25N3O3/c1-21(13-17(23)20-16-5-3-2-4-6-16)18(24)15-9-11-22(12-10-15)19(25)14-7-8-14/h2-6,14-15H,7-13H2,1H3,(H,20,23). The highest BCUT2D eigenvalue weighted by molar-refractivity contribution is 5.94. The summed E-state index contributed by atoms with van der Waals surface area (Å²) in [5.41, 5.74) is 0.722. The number of benzene rings is 1. The summed E-state index contributed by atoms with van der Waals surface area (Å²) >= 11 is 0. The highest BCUT2D eigenvalue weighted by atomic mass is 16.2. The van der Waals surface area contributed by atoms with E-state index in [1.807, 2.05) is 35.2 Å². The fourth-order valence-electron chi connectivity index (χ4n) is 3.26. The van der Waals surface area contributed by atoms with E-state index in [-0.39, 0.29) is 36.1 Å². The number of piperidine rings is 1. The summed E-state index contributed by atoms with van der Waals surface area (Å²) in [4.78, 5) is 40.1. The van der Waals surface area contributed by atoms with Crippen molar-refractivity contribution in [1.29, 1.82) is 0 Å². The Labute approximate surface area is 148 Å². The molecule has 3 rings (SSSR count). The first-order valence-electron chi connectivity index (χ1n) is 8.93. The lowest BCUT2D eigenvalue weighted by molar-refractivity contribution is -0.141. The Morgan fingerprint density at radius 2 is 1.68 bits per heavy atom. The fraction of sp³-hybridized carbons (Fsp3) is 0.526. The van der Waals surface area contributed by atoms with Gasteiger partial charge in [0.1, 0.15) is 0 Å². The molecule has 0 aromatic heterocycles. The number of para-hydroxylation sites is 1. The van der Waals surface area contributed by atoms with Crippen molar-refractivity contribution in [3.63, 3.8) is 0 Å². The lowest BCUT2D eigenvalue weighted by atomic mass is 9.95. The van der Waals surface area contributed by atoms with E-state index in [2.05, 4.69) is 5.32 Å². The van der Waals surface area contributed by atoms with E-state index in [4.69, 9.17) is 0 Å². The first-order chi connectivity index (χ1) is 12.0. The predicted molar refractivity (Wildman–Crippen MR) is 94.7 cm³/mol. The van der Waals surface area contributed by atoms with Crippen molar-refractivity contribution in [2.45, 2.75) is 25.7 Å². The fourth-order valence-corrected chi connectivity index (χ4v) is 3.26. The number of anilines is 1. The second-order valence-corrected chi connectivity index (χ2v) is 6.98. The third-order valence-electron chi connectivity index (χ3n) is 4.90. The maximum absolute atomic E-state index is 12.6. The zero-order valence-electron chi connectivity index (χ0n) is 14.6. The second kappa shape index (κ2) is 7.68. The highest BCUT2D eigenvalue weighted by Crippen LogP contribution is 2.32. The van der Waals surface area contributed by atoms with Crippen LogP contribution in [0.15, 0.2) is 30.3 Å². The van der Waals surface area contributed by atoms with E-state index in [0.29, 0.717) is 25.9 Å². The number of nitrogens with zero attached hydrogens (tertiary/aromatic N) is 2. The Hall–Kier alpha value is -2.37. The number of amides is 3. The van der Waals surface area contributed by atoms with Gasteiger partial charge < -0.3 is 15.1 Å². The molecule has 0 bridgehead atoms. The van der Waals surface area contributed by atoms with E-state index in [1.165, 1.54) is 4.90 Å². The molecule has 2 fully saturated rings. The zero-order valence-corrected chi connectivity index (χ0v) is 14.6. The third kappa shape index (κ3) is 4.59. The number of nitrogens with one attached hydrogen (secondary N) is 1. The molecule has 0 radical (unpaired) electrons. The minimum atomic E-state index is -0.205. The Balaban J connectivity index is 1.44. The molecule has 0 spiro atoms. The van der Waals surface area contributed by atoms with Crippen molar-refractivity contribution in [2.24, 2.45) is 11.8 Å². The molecular formula is C19H25N3O3. The van der Waals surface area contributed by atoms with Crippen LogP contribution in [0.2, 0.25) is 0 Å². The maximum Gasteiger partial charge on any atom is 0.243 e. The lowest BCUT2D eigenvalue weighted by Gasteiger charge is -2.33. The van der Waals surface area contributed by atoms with Crippen LogP contribution in [0.3, 0.4) is 0 Å². The summed E-state index contributed by atoms with van der Waals surface area (Å²) in [6.07, 6.45) is 3.39. The molecule has 1 heterocycles. The van der Waals surface area contributed by atoms with Crippen LogP contribution in [-0.4, -0.2) is 54.2 Å². The molecule has 25 heavy (non-hydrogen) atoms. The number of rotatable bonds is 5. The van der Waals surface area contributed by atoms with Gasteiger partial charge in [-0.15, -0.1) is 0 Å². The first kappa shape index (κ1) is 17.5. The van der Waals surface area contributed by atoms with Gasteiger partial charge in [-0.25, -0.2) is 0 Å². The SMILES string of the molecule is CN(CC(=O)Nc1ccccc1)C(=O)C1CCN(C(=O)C2CC2)CC1. The molecule has 134 valence electrons. The smallest absolute Gasteiger partial charge is 0.243 e. The monoisotopic (exact) mass is 343 g/mol. The minimum Gasteiger partial charge on any atom is -0.342 e. The number of likely N-dealkylation sites (tertiary alicyclic amines) is 1. The van der Waals surface area contributed by atoms with E-state index >= 15 is 0 Å². The average molecular weight is 343 g/mol. The van der Waals surface area contributed by atoms with Gasteiger partial charge in [-0.1, -0.05) is 18.2 Å². The molecule has 1 saturated carbocycles. The van der Waals surface area contributed by atoms with Crippen LogP contribution in [0.1, 0.15) is 25.7 Å². The summed E-state index contributed by atoms with van der Waals surface area (Å²) in [5.74, 6) is 0.168. The molecule has 1 aromatic rings. The number of carbonyl (C=O) groups is 3. The zero-order chi connectivity index (χ0) is 17.8. The molecule has 1 aliphatic heterocycles. The van der Waals surface area contributed by atoms with Crippen LogP contribution >= 0.6 is 0 Å². The summed E-state index contributed by atoms with van der Waals surface area (Å²) in [6.45, 7) is 1.33. The van der Waals surface area contributed by atoms with Gasteiger partial charge in [0.05, 0.1) is 6.54 Å². The molecule has 6 heteroatoms. The van der Waals surface area contributed by atoms with Crippen LogP contribution in [0.25, 0.3) is 0 Å². The molecule has 0 atom stereocenters. The number of hydrogen-bond donors (Lipinski definition) is 1. The molecule has 1 aliphatic carbocycles. The van der Waals surface area contributed by atoms with E-state index < -0.39 is 0 Å². The van der Waals surface area contributed by atoms with Crippen molar-refractivity contribution in [3.05, 3.63) is 30.3 Å². The van der Waals surface area contributed by atoms with Crippen molar-refractivity contribution >= 4 is 23.4 Å². The molecule has 1 aromatic carbocycles.